The van der Waals surface area contributed by atoms with E-state index >= 15 is 0 Å². The standard InChI is InChI=1S/C28H30N4O3/c1-19-8-7-11-21(16-19)24-17-25(32(30-24)18-20-9-3-2-4-10-20)29-26(33)14-15-31-27(34)22-12-5-6-13-23(22)28(31)35/h2-4,7-11,16-17,22-23H,5-6,12-15,18H2,1H3,(H,29,33)/t22-,23-/m0/s1. The molecule has 7 nitrogen and oxygen atoms in total. The quantitative estimate of drug-likeness (QED) is 0.519. The molecule has 1 aliphatic carbocycles. The minimum atomic E-state index is -0.245. The molecule has 1 aromatic heterocycles. The van der Waals surface area contributed by atoms with Crippen LogP contribution in [-0.2, 0) is 20.9 Å². The predicted octanol–water partition coefficient (Wildman–Crippen LogP) is 4.41. The van der Waals surface area contributed by atoms with E-state index in [2.05, 4.69) is 11.4 Å². The number of fused-ring (bicyclic) bond motifs is 1. The summed E-state index contributed by atoms with van der Waals surface area (Å²) in [5.74, 6) is -0.257. The van der Waals surface area contributed by atoms with Crippen LogP contribution in [0.4, 0.5) is 5.82 Å². The lowest BCUT2D eigenvalue weighted by Crippen LogP contribution is -2.34. The molecule has 2 heterocycles. The Morgan fingerprint density at radius 1 is 0.971 bits per heavy atom. The molecule has 180 valence electrons. The summed E-state index contributed by atoms with van der Waals surface area (Å²) in [6.45, 7) is 2.66. The molecule has 1 aliphatic heterocycles. The Balaban J connectivity index is 1.31. The van der Waals surface area contributed by atoms with Gasteiger partial charge in [-0.2, -0.15) is 5.10 Å². The number of likely N-dealkylation sites (tertiary alicyclic amines) is 1. The molecule has 3 aromatic rings. The molecule has 2 aromatic carbocycles. The van der Waals surface area contributed by atoms with Crippen LogP contribution in [0.1, 0.15) is 43.2 Å². The van der Waals surface area contributed by atoms with Crippen LogP contribution in [-0.4, -0.2) is 38.9 Å². The average Bonchev–Trinajstić information content (AvgIpc) is 3.36. The molecule has 7 heteroatoms. The van der Waals surface area contributed by atoms with Gasteiger partial charge in [0.1, 0.15) is 5.82 Å². The molecular weight excluding hydrogens is 440 g/mol. The average molecular weight is 471 g/mol. The fraction of sp³-hybridized carbons (Fsp3) is 0.357. The Hall–Kier alpha value is -3.74. The van der Waals surface area contributed by atoms with Crippen molar-refractivity contribution in [2.75, 3.05) is 11.9 Å². The normalized spacial score (nSPS) is 19.6. The highest BCUT2D eigenvalue weighted by Crippen LogP contribution is 2.38. The van der Waals surface area contributed by atoms with E-state index in [-0.39, 0.29) is 42.5 Å². The van der Waals surface area contributed by atoms with Crippen molar-refractivity contribution < 1.29 is 14.4 Å². The van der Waals surface area contributed by atoms with Gasteiger partial charge in [-0.05, 0) is 31.4 Å². The Kier molecular flexibility index (Phi) is 6.49. The Morgan fingerprint density at radius 2 is 1.69 bits per heavy atom. The molecule has 2 atom stereocenters. The molecule has 2 aliphatic rings. The summed E-state index contributed by atoms with van der Waals surface area (Å²) < 4.78 is 1.78. The van der Waals surface area contributed by atoms with Gasteiger partial charge in [0, 0.05) is 24.6 Å². The van der Waals surface area contributed by atoms with Gasteiger partial charge in [-0.3, -0.25) is 19.3 Å². The molecule has 0 radical (unpaired) electrons. The summed E-state index contributed by atoms with van der Waals surface area (Å²) in [6, 6.07) is 19.9. The zero-order valence-electron chi connectivity index (χ0n) is 19.9. The van der Waals surface area contributed by atoms with Gasteiger partial charge in [-0.15, -0.1) is 0 Å². The summed E-state index contributed by atoms with van der Waals surface area (Å²) >= 11 is 0. The van der Waals surface area contributed by atoms with Crippen LogP contribution in [0.2, 0.25) is 0 Å². The number of rotatable bonds is 7. The van der Waals surface area contributed by atoms with Gasteiger partial charge >= 0.3 is 0 Å². The van der Waals surface area contributed by atoms with E-state index in [4.69, 9.17) is 5.10 Å². The molecule has 3 amide bonds. The van der Waals surface area contributed by atoms with Gasteiger partial charge in [-0.25, -0.2) is 4.68 Å². The number of aromatic nitrogens is 2. The number of nitrogens with zero attached hydrogens (tertiary/aromatic N) is 3. The summed E-state index contributed by atoms with van der Waals surface area (Å²) in [6.07, 6.45) is 3.59. The van der Waals surface area contributed by atoms with Crippen molar-refractivity contribution in [1.29, 1.82) is 0 Å². The molecule has 5 rings (SSSR count). The highest BCUT2D eigenvalue weighted by Gasteiger charge is 2.47. The number of anilines is 1. The molecule has 2 fully saturated rings. The minimum absolute atomic E-state index is 0.0627. The van der Waals surface area contributed by atoms with E-state index in [9.17, 15) is 14.4 Å². The lowest BCUT2D eigenvalue weighted by atomic mass is 9.81. The van der Waals surface area contributed by atoms with Crippen LogP contribution in [0.15, 0.2) is 60.7 Å². The maximum atomic E-state index is 12.9. The number of hydrogen-bond acceptors (Lipinski definition) is 4. The summed E-state index contributed by atoms with van der Waals surface area (Å²) in [5, 5.41) is 7.73. The number of hydrogen-bond donors (Lipinski definition) is 1. The largest absolute Gasteiger partial charge is 0.311 e. The first kappa shape index (κ1) is 23.0. The van der Waals surface area contributed by atoms with E-state index in [1.165, 1.54) is 4.90 Å². The SMILES string of the molecule is Cc1cccc(-c2cc(NC(=O)CCN3C(=O)[C@H]4CCCC[C@@H]4C3=O)n(Cc3ccccc3)n2)c1. The van der Waals surface area contributed by atoms with Crippen molar-refractivity contribution in [1.82, 2.24) is 14.7 Å². The third-order valence-corrected chi connectivity index (χ3v) is 7.03. The Morgan fingerprint density at radius 3 is 2.37 bits per heavy atom. The smallest absolute Gasteiger partial charge is 0.233 e. The van der Waals surface area contributed by atoms with Crippen LogP contribution < -0.4 is 5.32 Å². The van der Waals surface area contributed by atoms with Crippen molar-refractivity contribution in [3.63, 3.8) is 0 Å². The van der Waals surface area contributed by atoms with E-state index in [0.29, 0.717) is 12.4 Å². The van der Waals surface area contributed by atoms with Crippen LogP contribution in [0.5, 0.6) is 0 Å². The second-order valence-corrected chi connectivity index (χ2v) is 9.55. The van der Waals surface area contributed by atoms with Crippen molar-refractivity contribution in [3.05, 3.63) is 71.8 Å². The van der Waals surface area contributed by atoms with E-state index in [1.54, 1.807) is 4.68 Å². The second kappa shape index (κ2) is 9.86. The van der Waals surface area contributed by atoms with Crippen molar-refractivity contribution in [2.24, 2.45) is 11.8 Å². The van der Waals surface area contributed by atoms with Crippen LogP contribution in [0.25, 0.3) is 11.3 Å². The first-order valence-corrected chi connectivity index (χ1v) is 12.3. The Labute approximate surface area is 205 Å². The lowest BCUT2D eigenvalue weighted by molar-refractivity contribution is -0.140. The highest BCUT2D eigenvalue weighted by molar-refractivity contribution is 6.05. The highest BCUT2D eigenvalue weighted by atomic mass is 16.2. The Bertz CT molecular complexity index is 1230. The topological polar surface area (TPSA) is 84.3 Å². The maximum absolute atomic E-state index is 12.9. The predicted molar refractivity (Wildman–Crippen MR) is 133 cm³/mol. The number of imide groups is 1. The number of carbonyl (C=O) groups excluding carboxylic acids is 3. The number of benzene rings is 2. The first-order valence-electron chi connectivity index (χ1n) is 12.3. The second-order valence-electron chi connectivity index (χ2n) is 9.55. The van der Waals surface area contributed by atoms with Gasteiger partial charge < -0.3 is 5.32 Å². The van der Waals surface area contributed by atoms with E-state index < -0.39 is 0 Å². The van der Waals surface area contributed by atoms with Gasteiger partial charge in [-0.1, -0.05) is 66.9 Å². The fourth-order valence-electron chi connectivity index (χ4n) is 5.21. The third kappa shape index (κ3) is 4.90. The molecule has 0 bridgehead atoms. The summed E-state index contributed by atoms with van der Waals surface area (Å²) in [7, 11) is 0. The van der Waals surface area contributed by atoms with Crippen LogP contribution in [0, 0.1) is 18.8 Å². The molecule has 1 saturated heterocycles. The molecule has 0 spiro atoms. The van der Waals surface area contributed by atoms with Gasteiger partial charge in [0.05, 0.1) is 24.1 Å². The number of aryl methyl sites for hydroxylation is 1. The molecule has 1 N–H and O–H groups in total. The number of amides is 3. The van der Waals surface area contributed by atoms with Crippen LogP contribution >= 0.6 is 0 Å². The zero-order valence-corrected chi connectivity index (χ0v) is 19.9. The minimum Gasteiger partial charge on any atom is -0.311 e. The molecule has 35 heavy (non-hydrogen) atoms. The maximum Gasteiger partial charge on any atom is 0.233 e. The monoisotopic (exact) mass is 470 g/mol. The van der Waals surface area contributed by atoms with E-state index in [0.717, 1.165) is 48.1 Å². The molecule has 0 unspecified atom stereocenters. The van der Waals surface area contributed by atoms with Crippen molar-refractivity contribution in [3.8, 4) is 11.3 Å². The third-order valence-electron chi connectivity index (χ3n) is 7.03. The summed E-state index contributed by atoms with van der Waals surface area (Å²) in [5.41, 5.74) is 3.95. The fourth-order valence-corrected chi connectivity index (χ4v) is 5.21. The molecule has 1 saturated carbocycles. The van der Waals surface area contributed by atoms with E-state index in [1.807, 2.05) is 61.5 Å². The molecular formula is C28H30N4O3. The number of carbonyl (C=O) groups is 3. The van der Waals surface area contributed by atoms with Crippen molar-refractivity contribution in [2.45, 2.75) is 45.6 Å². The van der Waals surface area contributed by atoms with Gasteiger partial charge in [0.2, 0.25) is 17.7 Å². The van der Waals surface area contributed by atoms with Gasteiger partial charge in [0.15, 0.2) is 0 Å². The zero-order chi connectivity index (χ0) is 24.4. The van der Waals surface area contributed by atoms with Gasteiger partial charge in [0.25, 0.3) is 0 Å². The summed E-state index contributed by atoms with van der Waals surface area (Å²) in [4.78, 5) is 39.7. The lowest BCUT2D eigenvalue weighted by Gasteiger charge is -2.19. The van der Waals surface area contributed by atoms with Crippen molar-refractivity contribution >= 4 is 23.5 Å². The van der Waals surface area contributed by atoms with Crippen LogP contribution in [0.3, 0.4) is 0 Å². The number of nitrogens with one attached hydrogen (secondary N) is 1. The first-order chi connectivity index (χ1) is 17.0.